The standard InChI is InChI=1S/C24H24N2OS/c25-24(27)19-8-4-9-20-23(19)18-12-11-17(22-10-5-13-28-22)14-21(18)26(20)15-16-6-2-1-3-7-16/h4-5,8-14,16H,1-3,6-7,15H2,(H2,25,27). The molecule has 1 saturated carbocycles. The zero-order valence-corrected chi connectivity index (χ0v) is 16.7. The number of aromatic nitrogens is 1. The van der Waals surface area contributed by atoms with Crippen molar-refractivity contribution >= 4 is 39.0 Å². The summed E-state index contributed by atoms with van der Waals surface area (Å²) in [4.78, 5) is 13.4. The maximum atomic E-state index is 12.1. The second kappa shape index (κ2) is 7.10. The molecule has 2 heterocycles. The van der Waals surface area contributed by atoms with E-state index in [1.54, 1.807) is 11.3 Å². The summed E-state index contributed by atoms with van der Waals surface area (Å²) in [6, 6.07) is 16.8. The van der Waals surface area contributed by atoms with Crippen LogP contribution in [0.25, 0.3) is 32.2 Å². The van der Waals surface area contributed by atoms with Gasteiger partial charge in [0.25, 0.3) is 0 Å². The molecule has 4 aromatic rings. The molecule has 0 aliphatic heterocycles. The van der Waals surface area contributed by atoms with E-state index < -0.39 is 0 Å². The monoisotopic (exact) mass is 388 g/mol. The third kappa shape index (κ3) is 2.92. The lowest BCUT2D eigenvalue weighted by Gasteiger charge is -2.23. The predicted octanol–water partition coefficient (Wildman–Crippen LogP) is 6.20. The zero-order chi connectivity index (χ0) is 19.1. The van der Waals surface area contributed by atoms with Gasteiger partial charge >= 0.3 is 0 Å². The molecule has 1 amide bonds. The van der Waals surface area contributed by atoms with Crippen LogP contribution < -0.4 is 5.73 Å². The van der Waals surface area contributed by atoms with Crippen molar-refractivity contribution in [2.75, 3.05) is 0 Å². The van der Waals surface area contributed by atoms with E-state index >= 15 is 0 Å². The number of carbonyl (C=O) groups is 1. The number of amides is 1. The number of hydrogen-bond acceptors (Lipinski definition) is 2. The summed E-state index contributed by atoms with van der Waals surface area (Å²) in [5.41, 5.74) is 9.91. The minimum absolute atomic E-state index is 0.357. The van der Waals surface area contributed by atoms with Crippen LogP contribution in [0.3, 0.4) is 0 Å². The molecule has 1 fully saturated rings. The number of thiophene rings is 1. The highest BCUT2D eigenvalue weighted by atomic mass is 32.1. The van der Waals surface area contributed by atoms with Gasteiger partial charge < -0.3 is 10.3 Å². The first-order valence-corrected chi connectivity index (χ1v) is 11.0. The first kappa shape index (κ1) is 17.5. The van der Waals surface area contributed by atoms with E-state index in [0.29, 0.717) is 11.5 Å². The smallest absolute Gasteiger partial charge is 0.249 e. The van der Waals surface area contributed by atoms with Gasteiger partial charge in [-0.15, -0.1) is 11.3 Å². The Kier molecular flexibility index (Phi) is 4.44. The Balaban J connectivity index is 1.76. The normalized spacial score (nSPS) is 15.4. The molecule has 1 aliphatic rings. The van der Waals surface area contributed by atoms with Crippen LogP contribution in [0.5, 0.6) is 0 Å². The van der Waals surface area contributed by atoms with Gasteiger partial charge in [0.1, 0.15) is 0 Å². The van der Waals surface area contributed by atoms with Gasteiger partial charge in [0.05, 0.1) is 0 Å². The molecule has 5 rings (SSSR count). The molecule has 3 nitrogen and oxygen atoms in total. The molecule has 0 radical (unpaired) electrons. The van der Waals surface area contributed by atoms with Gasteiger partial charge in [0.2, 0.25) is 5.91 Å². The second-order valence-corrected chi connectivity index (χ2v) is 8.84. The van der Waals surface area contributed by atoms with E-state index in [9.17, 15) is 4.79 Å². The second-order valence-electron chi connectivity index (χ2n) is 7.89. The van der Waals surface area contributed by atoms with Crippen molar-refractivity contribution in [3.63, 3.8) is 0 Å². The van der Waals surface area contributed by atoms with Gasteiger partial charge in [0, 0.05) is 38.8 Å². The molecule has 2 aromatic carbocycles. The summed E-state index contributed by atoms with van der Waals surface area (Å²) in [5, 5.41) is 4.24. The molecule has 28 heavy (non-hydrogen) atoms. The Morgan fingerprint density at radius 1 is 1.04 bits per heavy atom. The fraction of sp³-hybridized carbons (Fsp3) is 0.292. The van der Waals surface area contributed by atoms with E-state index in [-0.39, 0.29) is 5.91 Å². The molecule has 2 aromatic heterocycles. The molecule has 0 saturated heterocycles. The van der Waals surface area contributed by atoms with Crippen LogP contribution in [0.4, 0.5) is 0 Å². The van der Waals surface area contributed by atoms with Crippen LogP contribution in [0.1, 0.15) is 42.5 Å². The van der Waals surface area contributed by atoms with Crippen molar-refractivity contribution < 1.29 is 4.79 Å². The summed E-state index contributed by atoms with van der Waals surface area (Å²) in [6.07, 6.45) is 6.60. The van der Waals surface area contributed by atoms with E-state index in [0.717, 1.165) is 22.8 Å². The Hall–Kier alpha value is -2.59. The zero-order valence-electron chi connectivity index (χ0n) is 15.9. The molecular formula is C24H24N2OS. The first-order chi connectivity index (χ1) is 13.7. The average Bonchev–Trinajstić information content (AvgIpc) is 3.36. The molecule has 0 bridgehead atoms. The number of carbonyl (C=O) groups excluding carboxylic acids is 1. The van der Waals surface area contributed by atoms with Gasteiger partial charge in [-0.3, -0.25) is 4.79 Å². The summed E-state index contributed by atoms with van der Waals surface area (Å²) in [6.45, 7) is 1.01. The Morgan fingerprint density at radius 2 is 1.89 bits per heavy atom. The van der Waals surface area contributed by atoms with Gasteiger partial charge in [-0.25, -0.2) is 0 Å². The summed E-state index contributed by atoms with van der Waals surface area (Å²) in [5.74, 6) is 0.347. The molecular weight excluding hydrogens is 364 g/mol. The Labute approximate surface area is 168 Å². The fourth-order valence-corrected chi connectivity index (χ4v) is 5.49. The van der Waals surface area contributed by atoms with E-state index in [1.165, 1.54) is 48.1 Å². The van der Waals surface area contributed by atoms with Crippen molar-refractivity contribution in [3.8, 4) is 10.4 Å². The number of nitrogens with two attached hydrogens (primary N) is 1. The molecule has 0 spiro atoms. The maximum Gasteiger partial charge on any atom is 0.249 e. The highest BCUT2D eigenvalue weighted by Crippen LogP contribution is 2.37. The van der Waals surface area contributed by atoms with Crippen LogP contribution in [-0.2, 0) is 6.54 Å². The lowest BCUT2D eigenvalue weighted by Crippen LogP contribution is -2.14. The average molecular weight is 389 g/mol. The minimum Gasteiger partial charge on any atom is -0.366 e. The van der Waals surface area contributed by atoms with Gasteiger partial charge in [-0.1, -0.05) is 43.5 Å². The molecule has 2 N–H and O–H groups in total. The number of benzene rings is 2. The largest absolute Gasteiger partial charge is 0.366 e. The number of fused-ring (bicyclic) bond motifs is 3. The van der Waals surface area contributed by atoms with Crippen LogP contribution in [0.15, 0.2) is 53.9 Å². The number of nitrogens with zero attached hydrogens (tertiary/aromatic N) is 1. The third-order valence-corrected chi connectivity index (χ3v) is 7.05. The third-order valence-electron chi connectivity index (χ3n) is 6.13. The lowest BCUT2D eigenvalue weighted by molar-refractivity contribution is 0.100. The van der Waals surface area contributed by atoms with Gasteiger partial charge in [-0.2, -0.15) is 0 Å². The fourth-order valence-electron chi connectivity index (χ4n) is 4.77. The first-order valence-electron chi connectivity index (χ1n) is 10.1. The maximum absolute atomic E-state index is 12.1. The summed E-state index contributed by atoms with van der Waals surface area (Å²) >= 11 is 1.76. The van der Waals surface area contributed by atoms with Crippen molar-refractivity contribution in [1.29, 1.82) is 0 Å². The lowest BCUT2D eigenvalue weighted by atomic mass is 9.89. The van der Waals surface area contributed by atoms with Crippen molar-refractivity contribution in [2.45, 2.75) is 38.6 Å². The molecule has 0 unspecified atom stereocenters. The van der Waals surface area contributed by atoms with Crippen molar-refractivity contribution in [1.82, 2.24) is 4.57 Å². The van der Waals surface area contributed by atoms with Crippen LogP contribution in [0.2, 0.25) is 0 Å². The Morgan fingerprint density at radius 3 is 2.64 bits per heavy atom. The predicted molar refractivity (Wildman–Crippen MR) is 118 cm³/mol. The number of hydrogen-bond donors (Lipinski definition) is 1. The highest BCUT2D eigenvalue weighted by molar-refractivity contribution is 7.13. The van der Waals surface area contributed by atoms with Crippen LogP contribution >= 0.6 is 11.3 Å². The van der Waals surface area contributed by atoms with Crippen molar-refractivity contribution in [2.24, 2.45) is 11.7 Å². The summed E-state index contributed by atoms with van der Waals surface area (Å²) in [7, 11) is 0. The van der Waals surface area contributed by atoms with Crippen LogP contribution in [0, 0.1) is 5.92 Å². The van der Waals surface area contributed by atoms with Gasteiger partial charge in [-0.05, 0) is 54.0 Å². The minimum atomic E-state index is -0.357. The van der Waals surface area contributed by atoms with Crippen molar-refractivity contribution in [3.05, 3.63) is 59.5 Å². The molecule has 4 heteroatoms. The Bertz CT molecular complexity index is 1150. The van der Waals surface area contributed by atoms with E-state index in [1.807, 2.05) is 12.1 Å². The SMILES string of the molecule is NC(=O)c1cccc2c1c1ccc(-c3cccs3)cc1n2CC1CCCCC1. The molecule has 1 aliphatic carbocycles. The summed E-state index contributed by atoms with van der Waals surface area (Å²) < 4.78 is 2.43. The molecule has 142 valence electrons. The quantitative estimate of drug-likeness (QED) is 0.444. The van der Waals surface area contributed by atoms with Crippen LogP contribution in [-0.4, -0.2) is 10.5 Å². The van der Waals surface area contributed by atoms with E-state index in [4.69, 9.17) is 5.73 Å². The van der Waals surface area contributed by atoms with E-state index in [2.05, 4.69) is 46.3 Å². The topological polar surface area (TPSA) is 48.0 Å². The molecule has 0 atom stereocenters. The van der Waals surface area contributed by atoms with Gasteiger partial charge in [0.15, 0.2) is 0 Å². The highest BCUT2D eigenvalue weighted by Gasteiger charge is 2.20. The number of primary amides is 1. The number of rotatable bonds is 4.